The number of hydrogen-bond acceptors (Lipinski definition) is 5. The van der Waals surface area contributed by atoms with Crippen molar-refractivity contribution in [2.24, 2.45) is 0 Å². The van der Waals surface area contributed by atoms with Crippen molar-refractivity contribution in [2.75, 3.05) is 7.11 Å². The lowest BCUT2D eigenvalue weighted by molar-refractivity contribution is -0.384. The lowest BCUT2D eigenvalue weighted by Gasteiger charge is -2.04. The molecule has 0 bridgehead atoms. The largest absolute Gasteiger partial charge is 0.496 e. The minimum absolute atomic E-state index is 0.00357. The maximum Gasteiger partial charge on any atom is 0.331 e. The van der Waals surface area contributed by atoms with E-state index in [1.165, 1.54) is 18.2 Å². The van der Waals surface area contributed by atoms with E-state index in [0.717, 1.165) is 5.56 Å². The lowest BCUT2D eigenvalue weighted by atomic mass is 10.2. The van der Waals surface area contributed by atoms with Gasteiger partial charge in [-0.2, -0.15) is 0 Å². The molecule has 0 atom stereocenters. The van der Waals surface area contributed by atoms with Crippen LogP contribution >= 0.6 is 0 Å². The third kappa shape index (κ3) is 4.67. The van der Waals surface area contributed by atoms with Crippen molar-refractivity contribution in [1.29, 1.82) is 0 Å². The molecule has 0 aliphatic rings. The van der Waals surface area contributed by atoms with Gasteiger partial charge < -0.3 is 9.47 Å². The normalized spacial score (nSPS) is 10.5. The Balaban J connectivity index is 1.92. The first-order valence-corrected chi connectivity index (χ1v) is 6.81. The Labute approximate surface area is 133 Å². The molecule has 0 aliphatic heterocycles. The first-order chi connectivity index (χ1) is 11.1. The summed E-state index contributed by atoms with van der Waals surface area (Å²) in [5.41, 5.74) is 1.44. The lowest BCUT2D eigenvalue weighted by Crippen LogP contribution is -2.01. The number of nitro benzene ring substituents is 1. The van der Waals surface area contributed by atoms with Crippen LogP contribution in [0, 0.1) is 10.1 Å². The van der Waals surface area contributed by atoms with Crippen LogP contribution in [0.1, 0.15) is 11.1 Å². The molecule has 2 aromatic carbocycles. The van der Waals surface area contributed by atoms with Gasteiger partial charge in [0.15, 0.2) is 0 Å². The first kappa shape index (κ1) is 16.2. The highest BCUT2D eigenvalue weighted by atomic mass is 16.6. The highest BCUT2D eigenvalue weighted by molar-refractivity contribution is 5.87. The SMILES string of the molecule is COc1ccccc1C=CC(=O)OCc1ccc([N+](=O)[O-])cc1. The van der Waals surface area contributed by atoms with E-state index >= 15 is 0 Å². The van der Waals surface area contributed by atoms with Gasteiger partial charge in [0, 0.05) is 23.8 Å². The minimum Gasteiger partial charge on any atom is -0.496 e. The van der Waals surface area contributed by atoms with E-state index in [1.807, 2.05) is 18.2 Å². The Morgan fingerprint density at radius 2 is 1.87 bits per heavy atom. The van der Waals surface area contributed by atoms with E-state index in [2.05, 4.69) is 0 Å². The summed E-state index contributed by atoms with van der Waals surface area (Å²) in [6.07, 6.45) is 2.92. The second kappa shape index (κ2) is 7.74. The number of ether oxygens (including phenoxy) is 2. The Morgan fingerprint density at radius 1 is 1.17 bits per heavy atom. The molecule has 0 radical (unpaired) electrons. The molecule has 0 fully saturated rings. The number of carbonyl (C=O) groups excluding carboxylic acids is 1. The number of carbonyl (C=O) groups is 1. The average Bonchev–Trinajstić information content (AvgIpc) is 2.58. The Hall–Kier alpha value is -3.15. The zero-order valence-corrected chi connectivity index (χ0v) is 12.5. The van der Waals surface area contributed by atoms with Crippen LogP contribution in [0.5, 0.6) is 5.75 Å². The van der Waals surface area contributed by atoms with E-state index in [-0.39, 0.29) is 12.3 Å². The number of non-ortho nitro benzene ring substituents is 1. The maximum atomic E-state index is 11.7. The van der Waals surface area contributed by atoms with Crippen molar-refractivity contribution in [3.8, 4) is 5.75 Å². The summed E-state index contributed by atoms with van der Waals surface area (Å²) in [5, 5.41) is 10.6. The number of nitrogens with zero attached hydrogens (tertiary/aromatic N) is 1. The predicted octanol–water partition coefficient (Wildman–Crippen LogP) is 3.36. The van der Waals surface area contributed by atoms with Gasteiger partial charge in [0.05, 0.1) is 12.0 Å². The van der Waals surface area contributed by atoms with E-state index in [9.17, 15) is 14.9 Å². The number of benzene rings is 2. The molecular formula is C17H15NO5. The number of methoxy groups -OCH3 is 1. The quantitative estimate of drug-likeness (QED) is 0.353. The monoisotopic (exact) mass is 313 g/mol. The van der Waals surface area contributed by atoms with Crippen molar-refractivity contribution >= 4 is 17.7 Å². The van der Waals surface area contributed by atoms with Gasteiger partial charge >= 0.3 is 5.97 Å². The molecule has 0 saturated heterocycles. The van der Waals surface area contributed by atoms with Crippen LogP contribution in [0.25, 0.3) is 6.08 Å². The third-order valence-electron chi connectivity index (χ3n) is 3.07. The smallest absolute Gasteiger partial charge is 0.331 e. The molecule has 0 aromatic heterocycles. The minimum atomic E-state index is -0.505. The van der Waals surface area contributed by atoms with Crippen molar-refractivity contribution < 1.29 is 19.2 Å². The van der Waals surface area contributed by atoms with Crippen LogP contribution in [0.3, 0.4) is 0 Å². The predicted molar refractivity (Wildman–Crippen MR) is 84.9 cm³/mol. The molecule has 2 rings (SSSR count). The Morgan fingerprint density at radius 3 is 2.52 bits per heavy atom. The second-order valence-electron chi connectivity index (χ2n) is 4.61. The Bertz CT molecular complexity index is 722. The summed E-state index contributed by atoms with van der Waals surface area (Å²) in [6, 6.07) is 13.1. The summed E-state index contributed by atoms with van der Waals surface area (Å²) >= 11 is 0. The molecule has 23 heavy (non-hydrogen) atoms. The average molecular weight is 313 g/mol. The van der Waals surface area contributed by atoms with Crippen LogP contribution in [-0.2, 0) is 16.1 Å². The fraction of sp³-hybridized carbons (Fsp3) is 0.118. The van der Waals surface area contributed by atoms with E-state index in [1.54, 1.807) is 31.4 Å². The van der Waals surface area contributed by atoms with Gasteiger partial charge in [-0.1, -0.05) is 18.2 Å². The molecule has 0 amide bonds. The zero-order valence-electron chi connectivity index (χ0n) is 12.5. The van der Waals surface area contributed by atoms with Crippen LogP contribution in [-0.4, -0.2) is 18.0 Å². The van der Waals surface area contributed by atoms with Gasteiger partial charge in [0.1, 0.15) is 12.4 Å². The third-order valence-corrected chi connectivity index (χ3v) is 3.07. The highest BCUT2D eigenvalue weighted by Gasteiger charge is 2.05. The van der Waals surface area contributed by atoms with Crippen LogP contribution < -0.4 is 4.74 Å². The molecule has 6 heteroatoms. The topological polar surface area (TPSA) is 78.7 Å². The molecular weight excluding hydrogens is 298 g/mol. The van der Waals surface area contributed by atoms with Gasteiger partial charge in [-0.05, 0) is 29.8 Å². The van der Waals surface area contributed by atoms with Crippen molar-refractivity contribution in [3.05, 3.63) is 75.8 Å². The van der Waals surface area contributed by atoms with Crippen LogP contribution in [0.4, 0.5) is 5.69 Å². The van der Waals surface area contributed by atoms with Crippen molar-refractivity contribution in [2.45, 2.75) is 6.61 Å². The van der Waals surface area contributed by atoms with Gasteiger partial charge in [0.25, 0.3) is 5.69 Å². The fourth-order valence-electron chi connectivity index (χ4n) is 1.88. The summed E-state index contributed by atoms with van der Waals surface area (Å²) < 4.78 is 10.3. The summed E-state index contributed by atoms with van der Waals surface area (Å²) in [4.78, 5) is 21.8. The van der Waals surface area contributed by atoms with Gasteiger partial charge in [-0.3, -0.25) is 10.1 Å². The fourth-order valence-corrected chi connectivity index (χ4v) is 1.88. The van der Waals surface area contributed by atoms with E-state index < -0.39 is 10.9 Å². The second-order valence-corrected chi connectivity index (χ2v) is 4.61. The molecule has 118 valence electrons. The van der Waals surface area contributed by atoms with E-state index in [0.29, 0.717) is 11.3 Å². The standard InChI is InChI=1S/C17H15NO5/c1-22-16-5-3-2-4-14(16)8-11-17(19)23-12-13-6-9-15(10-7-13)18(20)21/h2-11H,12H2,1H3. The van der Waals surface area contributed by atoms with Gasteiger partial charge in [-0.15, -0.1) is 0 Å². The number of nitro groups is 1. The summed E-state index contributed by atoms with van der Waals surface area (Å²) in [5.74, 6) is 0.154. The van der Waals surface area contributed by atoms with Crippen LogP contribution in [0.2, 0.25) is 0 Å². The molecule has 0 saturated carbocycles. The number of rotatable bonds is 6. The Kier molecular flexibility index (Phi) is 5.46. The molecule has 6 nitrogen and oxygen atoms in total. The van der Waals surface area contributed by atoms with Crippen molar-refractivity contribution in [3.63, 3.8) is 0 Å². The molecule has 0 unspecified atom stereocenters. The molecule has 0 aliphatic carbocycles. The van der Waals surface area contributed by atoms with Crippen molar-refractivity contribution in [1.82, 2.24) is 0 Å². The summed E-state index contributed by atoms with van der Waals surface area (Å²) in [6.45, 7) is 0.0487. The summed E-state index contributed by atoms with van der Waals surface area (Å²) in [7, 11) is 1.56. The number of para-hydroxylation sites is 1. The van der Waals surface area contributed by atoms with Gasteiger partial charge in [0.2, 0.25) is 0 Å². The first-order valence-electron chi connectivity index (χ1n) is 6.81. The van der Waals surface area contributed by atoms with Gasteiger partial charge in [-0.25, -0.2) is 4.79 Å². The molecule has 0 N–H and O–H groups in total. The maximum absolute atomic E-state index is 11.7. The van der Waals surface area contributed by atoms with Crippen LogP contribution in [0.15, 0.2) is 54.6 Å². The highest BCUT2D eigenvalue weighted by Crippen LogP contribution is 2.18. The molecule has 0 heterocycles. The number of hydrogen-bond donors (Lipinski definition) is 0. The molecule has 2 aromatic rings. The number of esters is 1. The van der Waals surface area contributed by atoms with E-state index in [4.69, 9.17) is 9.47 Å². The molecule has 0 spiro atoms. The zero-order chi connectivity index (χ0) is 16.7.